The molecular weight excluding hydrogens is 321 g/mol. The molecule has 0 bridgehead atoms. The number of hydrogen-bond donors (Lipinski definition) is 1. The van der Waals surface area contributed by atoms with E-state index in [9.17, 15) is 18.0 Å². The summed E-state index contributed by atoms with van der Waals surface area (Å²) in [5.74, 6) is -0.151. The van der Waals surface area contributed by atoms with Crippen molar-refractivity contribution in [3.8, 4) is 5.75 Å². The first-order valence-corrected chi connectivity index (χ1v) is 7.26. The van der Waals surface area contributed by atoms with E-state index >= 15 is 0 Å². The number of fused-ring (bicyclic) bond motifs is 1. The Morgan fingerprint density at radius 2 is 1.92 bits per heavy atom. The summed E-state index contributed by atoms with van der Waals surface area (Å²) in [5, 5.41) is 3.02. The lowest BCUT2D eigenvalue weighted by molar-refractivity contribution is -0.144. The molecule has 1 aliphatic heterocycles. The van der Waals surface area contributed by atoms with Gasteiger partial charge in [-0.2, -0.15) is 13.2 Å². The lowest BCUT2D eigenvalue weighted by Gasteiger charge is -2.38. The fourth-order valence-electron chi connectivity index (χ4n) is 2.72. The Hall–Kier alpha value is -2.70. The number of amides is 1. The van der Waals surface area contributed by atoms with Gasteiger partial charge in [0.1, 0.15) is 18.5 Å². The normalized spacial score (nSPS) is 17.2. The minimum Gasteiger partial charge on any atom is -0.497 e. The van der Waals surface area contributed by atoms with E-state index < -0.39 is 24.8 Å². The number of rotatable bonds is 3. The molecule has 0 spiro atoms. The maximum Gasteiger partial charge on any atom is 0.406 e. The van der Waals surface area contributed by atoms with Gasteiger partial charge in [0.15, 0.2) is 0 Å². The van der Waals surface area contributed by atoms with E-state index in [4.69, 9.17) is 4.74 Å². The zero-order chi connectivity index (χ0) is 17.3. The highest BCUT2D eigenvalue weighted by Crippen LogP contribution is 2.35. The molecule has 1 amide bonds. The molecule has 4 nitrogen and oxygen atoms in total. The summed E-state index contributed by atoms with van der Waals surface area (Å²) in [7, 11) is 1.47. The Morgan fingerprint density at radius 3 is 2.62 bits per heavy atom. The van der Waals surface area contributed by atoms with Gasteiger partial charge in [-0.1, -0.05) is 24.3 Å². The minimum atomic E-state index is -4.50. The SMILES string of the molecule is COc1cccc([C@@H]2Nc3ccccc3C(=O)N2CC(F)(F)F)c1. The highest BCUT2D eigenvalue weighted by molar-refractivity contribution is 6.01. The highest BCUT2D eigenvalue weighted by Gasteiger charge is 2.40. The van der Waals surface area contributed by atoms with Gasteiger partial charge in [-0.05, 0) is 29.8 Å². The first-order valence-electron chi connectivity index (χ1n) is 7.26. The van der Waals surface area contributed by atoms with E-state index in [1.54, 1.807) is 42.5 Å². The molecule has 1 heterocycles. The van der Waals surface area contributed by atoms with Gasteiger partial charge in [-0.3, -0.25) is 4.79 Å². The van der Waals surface area contributed by atoms with Crippen LogP contribution < -0.4 is 10.1 Å². The number of halogens is 3. The van der Waals surface area contributed by atoms with Crippen LogP contribution in [-0.2, 0) is 0 Å². The van der Waals surface area contributed by atoms with E-state index in [0.717, 1.165) is 4.90 Å². The van der Waals surface area contributed by atoms with Crippen LogP contribution in [0.2, 0.25) is 0 Å². The van der Waals surface area contributed by atoms with Crippen molar-refractivity contribution in [2.75, 3.05) is 19.0 Å². The molecular formula is C17H15F3N2O2. The van der Waals surface area contributed by atoms with Crippen LogP contribution in [0.5, 0.6) is 5.75 Å². The lowest BCUT2D eigenvalue weighted by Crippen LogP contribution is -2.47. The van der Waals surface area contributed by atoms with Crippen molar-refractivity contribution in [3.05, 3.63) is 59.7 Å². The van der Waals surface area contributed by atoms with Gasteiger partial charge in [0.05, 0.1) is 12.7 Å². The van der Waals surface area contributed by atoms with E-state index in [2.05, 4.69) is 5.32 Å². The summed E-state index contributed by atoms with van der Waals surface area (Å²) in [6, 6.07) is 13.2. The number of carbonyl (C=O) groups excluding carboxylic acids is 1. The predicted octanol–water partition coefficient (Wildman–Crippen LogP) is 3.82. The summed E-state index contributed by atoms with van der Waals surface area (Å²) in [6.45, 7) is -1.34. The molecule has 0 fully saturated rings. The van der Waals surface area contributed by atoms with E-state index in [1.165, 1.54) is 13.2 Å². The van der Waals surface area contributed by atoms with Crippen molar-refractivity contribution < 1.29 is 22.7 Å². The van der Waals surface area contributed by atoms with E-state index in [0.29, 0.717) is 17.0 Å². The smallest absolute Gasteiger partial charge is 0.406 e. The molecule has 1 aliphatic rings. The fourth-order valence-corrected chi connectivity index (χ4v) is 2.72. The number of alkyl halides is 3. The van der Waals surface area contributed by atoms with Crippen LogP contribution in [0, 0.1) is 0 Å². The van der Waals surface area contributed by atoms with Crippen molar-refractivity contribution in [2.24, 2.45) is 0 Å². The largest absolute Gasteiger partial charge is 0.497 e. The molecule has 0 aliphatic carbocycles. The number of para-hydroxylation sites is 1. The molecule has 2 aromatic carbocycles. The molecule has 0 saturated heterocycles. The number of anilines is 1. The molecule has 7 heteroatoms. The minimum absolute atomic E-state index is 0.223. The maximum absolute atomic E-state index is 13.0. The summed E-state index contributed by atoms with van der Waals surface area (Å²) >= 11 is 0. The third-order valence-corrected chi connectivity index (χ3v) is 3.78. The zero-order valence-corrected chi connectivity index (χ0v) is 12.8. The van der Waals surface area contributed by atoms with Crippen LogP contribution in [0.4, 0.5) is 18.9 Å². The van der Waals surface area contributed by atoms with Crippen LogP contribution >= 0.6 is 0 Å². The quantitative estimate of drug-likeness (QED) is 0.926. The zero-order valence-electron chi connectivity index (χ0n) is 12.8. The van der Waals surface area contributed by atoms with Crippen molar-refractivity contribution in [2.45, 2.75) is 12.3 Å². The second-order valence-electron chi connectivity index (χ2n) is 5.42. The Kier molecular flexibility index (Phi) is 4.09. The molecule has 0 unspecified atom stereocenters. The maximum atomic E-state index is 13.0. The van der Waals surface area contributed by atoms with Crippen LogP contribution in [0.3, 0.4) is 0 Å². The molecule has 2 aromatic rings. The summed E-state index contributed by atoms with van der Waals surface area (Å²) in [4.78, 5) is 13.4. The monoisotopic (exact) mass is 336 g/mol. The first kappa shape index (κ1) is 16.2. The number of benzene rings is 2. The molecule has 0 aromatic heterocycles. The van der Waals surface area contributed by atoms with Gasteiger partial charge in [0.25, 0.3) is 5.91 Å². The molecule has 3 rings (SSSR count). The van der Waals surface area contributed by atoms with Gasteiger partial charge >= 0.3 is 6.18 Å². The lowest BCUT2D eigenvalue weighted by atomic mass is 10.0. The number of ether oxygens (including phenoxy) is 1. The number of nitrogens with one attached hydrogen (secondary N) is 1. The average Bonchev–Trinajstić information content (AvgIpc) is 2.56. The second-order valence-corrected chi connectivity index (χ2v) is 5.42. The predicted molar refractivity (Wildman–Crippen MR) is 82.9 cm³/mol. The molecule has 1 N–H and O–H groups in total. The Bertz CT molecular complexity index is 761. The third kappa shape index (κ3) is 3.15. The third-order valence-electron chi connectivity index (χ3n) is 3.78. The summed E-state index contributed by atoms with van der Waals surface area (Å²) in [5.41, 5.74) is 1.25. The van der Waals surface area contributed by atoms with Crippen LogP contribution in [0.25, 0.3) is 0 Å². The molecule has 0 radical (unpaired) electrons. The molecule has 126 valence electrons. The van der Waals surface area contributed by atoms with Gasteiger partial charge in [0.2, 0.25) is 0 Å². The summed E-state index contributed by atoms with van der Waals surface area (Å²) < 4.78 is 44.1. The number of hydrogen-bond acceptors (Lipinski definition) is 3. The van der Waals surface area contributed by atoms with E-state index in [1.807, 2.05) is 0 Å². The van der Waals surface area contributed by atoms with Crippen molar-refractivity contribution in [1.82, 2.24) is 4.90 Å². The molecule has 1 atom stereocenters. The van der Waals surface area contributed by atoms with Gasteiger partial charge in [-0.25, -0.2) is 0 Å². The Labute approximate surface area is 136 Å². The highest BCUT2D eigenvalue weighted by atomic mass is 19.4. The Morgan fingerprint density at radius 1 is 1.17 bits per heavy atom. The number of methoxy groups -OCH3 is 1. The number of nitrogens with zero attached hydrogens (tertiary/aromatic N) is 1. The first-order chi connectivity index (χ1) is 11.4. The summed E-state index contributed by atoms with van der Waals surface area (Å²) in [6.07, 6.45) is -5.43. The van der Waals surface area contributed by atoms with Crippen LogP contribution in [0.1, 0.15) is 22.1 Å². The van der Waals surface area contributed by atoms with Gasteiger partial charge < -0.3 is 15.0 Å². The van der Waals surface area contributed by atoms with Gasteiger partial charge in [-0.15, -0.1) is 0 Å². The van der Waals surface area contributed by atoms with Crippen LogP contribution in [0.15, 0.2) is 48.5 Å². The second kappa shape index (κ2) is 6.07. The van der Waals surface area contributed by atoms with Crippen molar-refractivity contribution in [3.63, 3.8) is 0 Å². The fraction of sp³-hybridized carbons (Fsp3) is 0.235. The van der Waals surface area contributed by atoms with Crippen LogP contribution in [-0.4, -0.2) is 30.6 Å². The topological polar surface area (TPSA) is 41.6 Å². The molecule has 24 heavy (non-hydrogen) atoms. The van der Waals surface area contributed by atoms with Crippen molar-refractivity contribution >= 4 is 11.6 Å². The number of carbonyl (C=O) groups is 1. The Balaban J connectivity index is 2.05. The molecule has 0 saturated carbocycles. The standard InChI is InChI=1S/C17H15F3N2O2/c1-24-12-6-4-5-11(9-12)15-21-14-8-3-2-7-13(14)16(23)22(15)10-17(18,19)20/h2-9,15,21H,10H2,1H3/t15-/m1/s1. The van der Waals surface area contributed by atoms with Crippen molar-refractivity contribution in [1.29, 1.82) is 0 Å². The van der Waals surface area contributed by atoms with E-state index in [-0.39, 0.29) is 5.56 Å². The average molecular weight is 336 g/mol. The van der Waals surface area contributed by atoms with Gasteiger partial charge in [0, 0.05) is 5.69 Å².